The number of carbonyl (C=O) groups excluding carboxylic acids is 1. The standard InChI is InChI=1S/C22H25N5O2/c1-15-20(23)9-10-24-21(15)29-17-6-5-11-27(14-17)22(28)19-8-4-3-7-18(19)16-12-25-26(2)13-16/h3-4,7-10,12-13,17H,5-6,11,14H2,1-2H3,(H2,23,24). The van der Waals surface area contributed by atoms with Crippen molar-refractivity contribution in [3.8, 4) is 17.0 Å². The molecule has 150 valence electrons. The number of anilines is 1. The summed E-state index contributed by atoms with van der Waals surface area (Å²) in [6.07, 6.45) is 7.00. The van der Waals surface area contributed by atoms with Crippen molar-refractivity contribution in [1.29, 1.82) is 0 Å². The molecule has 3 aromatic rings. The second-order valence-corrected chi connectivity index (χ2v) is 7.41. The zero-order chi connectivity index (χ0) is 20.4. The molecule has 1 saturated heterocycles. The second-order valence-electron chi connectivity index (χ2n) is 7.41. The van der Waals surface area contributed by atoms with Crippen LogP contribution in [0, 0.1) is 6.92 Å². The van der Waals surface area contributed by atoms with Crippen molar-refractivity contribution in [3.05, 3.63) is 60.0 Å². The molecule has 1 atom stereocenters. The van der Waals surface area contributed by atoms with E-state index < -0.39 is 0 Å². The van der Waals surface area contributed by atoms with Gasteiger partial charge in [-0.1, -0.05) is 18.2 Å². The number of hydrogen-bond acceptors (Lipinski definition) is 5. The molecule has 1 aliphatic heterocycles. The van der Waals surface area contributed by atoms with Crippen molar-refractivity contribution in [2.75, 3.05) is 18.8 Å². The smallest absolute Gasteiger partial charge is 0.254 e. The summed E-state index contributed by atoms with van der Waals surface area (Å²) in [4.78, 5) is 19.5. The molecule has 1 amide bonds. The molecule has 0 radical (unpaired) electrons. The van der Waals surface area contributed by atoms with Gasteiger partial charge in [0.15, 0.2) is 0 Å². The Hall–Kier alpha value is -3.35. The zero-order valence-electron chi connectivity index (χ0n) is 16.7. The largest absolute Gasteiger partial charge is 0.472 e. The van der Waals surface area contributed by atoms with Crippen LogP contribution in [0.15, 0.2) is 48.9 Å². The minimum atomic E-state index is -0.105. The van der Waals surface area contributed by atoms with Gasteiger partial charge in [0.25, 0.3) is 5.91 Å². The van der Waals surface area contributed by atoms with Crippen molar-refractivity contribution in [2.45, 2.75) is 25.9 Å². The third-order valence-corrected chi connectivity index (χ3v) is 5.32. The van der Waals surface area contributed by atoms with E-state index in [0.29, 0.717) is 30.2 Å². The van der Waals surface area contributed by atoms with Crippen molar-refractivity contribution in [1.82, 2.24) is 19.7 Å². The summed E-state index contributed by atoms with van der Waals surface area (Å²) in [6, 6.07) is 9.43. The van der Waals surface area contributed by atoms with E-state index in [9.17, 15) is 4.79 Å². The number of likely N-dealkylation sites (tertiary alicyclic amines) is 1. The lowest BCUT2D eigenvalue weighted by molar-refractivity contribution is 0.0527. The number of aromatic nitrogens is 3. The molecule has 1 aromatic carbocycles. The summed E-state index contributed by atoms with van der Waals surface area (Å²) in [5.41, 5.74) is 9.95. The molecular weight excluding hydrogens is 366 g/mol. The summed E-state index contributed by atoms with van der Waals surface area (Å²) >= 11 is 0. The minimum Gasteiger partial charge on any atom is -0.472 e. The minimum absolute atomic E-state index is 0.00927. The van der Waals surface area contributed by atoms with E-state index in [0.717, 1.165) is 29.5 Å². The fraction of sp³-hybridized carbons (Fsp3) is 0.318. The van der Waals surface area contributed by atoms with Crippen LogP contribution in [0.25, 0.3) is 11.1 Å². The van der Waals surface area contributed by atoms with E-state index in [2.05, 4.69) is 10.1 Å². The first-order valence-corrected chi connectivity index (χ1v) is 9.78. The fourth-order valence-corrected chi connectivity index (χ4v) is 3.68. The van der Waals surface area contributed by atoms with Crippen molar-refractivity contribution < 1.29 is 9.53 Å². The molecule has 7 heteroatoms. The molecule has 0 spiro atoms. The van der Waals surface area contributed by atoms with Crippen LogP contribution in [-0.4, -0.2) is 44.8 Å². The maximum Gasteiger partial charge on any atom is 0.254 e. The highest BCUT2D eigenvalue weighted by Gasteiger charge is 2.28. The number of ether oxygens (including phenoxy) is 1. The van der Waals surface area contributed by atoms with Gasteiger partial charge in [0.1, 0.15) is 6.10 Å². The summed E-state index contributed by atoms with van der Waals surface area (Å²) in [5.74, 6) is 0.551. The van der Waals surface area contributed by atoms with Crippen molar-refractivity contribution in [2.24, 2.45) is 7.05 Å². The summed E-state index contributed by atoms with van der Waals surface area (Å²) in [5, 5.41) is 4.23. The van der Waals surface area contributed by atoms with Gasteiger partial charge in [-0.2, -0.15) is 5.10 Å². The normalized spacial score (nSPS) is 16.6. The number of carbonyl (C=O) groups is 1. The average molecular weight is 391 g/mol. The molecule has 4 rings (SSSR count). The highest BCUT2D eigenvalue weighted by atomic mass is 16.5. The van der Waals surface area contributed by atoms with Crippen LogP contribution in [0.3, 0.4) is 0 Å². The Morgan fingerprint density at radius 2 is 2.10 bits per heavy atom. The Labute approximate surface area is 170 Å². The van der Waals surface area contributed by atoms with Crippen molar-refractivity contribution in [3.63, 3.8) is 0 Å². The predicted molar refractivity (Wildman–Crippen MR) is 112 cm³/mol. The summed E-state index contributed by atoms with van der Waals surface area (Å²) < 4.78 is 7.84. The molecule has 2 N–H and O–H groups in total. The van der Waals surface area contributed by atoms with E-state index >= 15 is 0 Å². The van der Waals surface area contributed by atoms with Gasteiger partial charge in [0.05, 0.1) is 12.7 Å². The summed E-state index contributed by atoms with van der Waals surface area (Å²) in [6.45, 7) is 3.13. The third kappa shape index (κ3) is 3.94. The molecule has 0 bridgehead atoms. The van der Waals surface area contributed by atoms with Gasteiger partial charge < -0.3 is 15.4 Å². The molecular formula is C22H25N5O2. The van der Waals surface area contributed by atoms with Crippen LogP contribution < -0.4 is 10.5 Å². The third-order valence-electron chi connectivity index (χ3n) is 5.32. The first kappa shape index (κ1) is 19.0. The lowest BCUT2D eigenvalue weighted by Gasteiger charge is -2.33. The number of pyridine rings is 1. The maximum absolute atomic E-state index is 13.3. The number of aryl methyl sites for hydroxylation is 1. The maximum atomic E-state index is 13.3. The number of amides is 1. The number of nitrogen functional groups attached to an aromatic ring is 1. The number of nitrogens with two attached hydrogens (primary N) is 1. The molecule has 0 aliphatic carbocycles. The average Bonchev–Trinajstić information content (AvgIpc) is 3.17. The second kappa shape index (κ2) is 7.95. The van der Waals surface area contributed by atoms with E-state index in [1.807, 2.05) is 49.3 Å². The van der Waals surface area contributed by atoms with Crippen molar-refractivity contribution >= 4 is 11.6 Å². The van der Waals surface area contributed by atoms with Crippen LogP contribution >= 0.6 is 0 Å². The number of rotatable bonds is 4. The molecule has 1 fully saturated rings. The Balaban J connectivity index is 1.53. The molecule has 29 heavy (non-hydrogen) atoms. The highest BCUT2D eigenvalue weighted by molar-refractivity contribution is 6.00. The Kier molecular flexibility index (Phi) is 5.20. The zero-order valence-corrected chi connectivity index (χ0v) is 16.7. The molecule has 0 saturated carbocycles. The van der Waals surface area contributed by atoms with E-state index in [-0.39, 0.29) is 12.0 Å². The first-order valence-electron chi connectivity index (χ1n) is 9.78. The van der Waals surface area contributed by atoms with Gasteiger partial charge in [0, 0.05) is 48.4 Å². The Morgan fingerprint density at radius 1 is 1.28 bits per heavy atom. The number of hydrogen-bond donors (Lipinski definition) is 1. The molecule has 2 aromatic heterocycles. The van der Waals surface area contributed by atoms with Gasteiger partial charge in [-0.3, -0.25) is 9.48 Å². The first-order chi connectivity index (χ1) is 14.0. The summed E-state index contributed by atoms with van der Waals surface area (Å²) in [7, 11) is 1.87. The predicted octanol–water partition coefficient (Wildman–Crippen LogP) is 3.06. The van der Waals surface area contributed by atoms with E-state index in [1.165, 1.54) is 0 Å². The molecule has 1 aliphatic rings. The number of benzene rings is 1. The van der Waals surface area contributed by atoms with Gasteiger partial charge in [-0.15, -0.1) is 0 Å². The van der Waals surface area contributed by atoms with Gasteiger partial charge in [-0.25, -0.2) is 4.98 Å². The van der Waals surface area contributed by atoms with E-state index in [1.54, 1.807) is 23.1 Å². The van der Waals surface area contributed by atoms with Crippen LogP contribution in [-0.2, 0) is 7.05 Å². The van der Waals surface area contributed by atoms with Crippen LogP contribution in [0.4, 0.5) is 5.69 Å². The molecule has 1 unspecified atom stereocenters. The fourth-order valence-electron chi connectivity index (χ4n) is 3.68. The van der Waals surface area contributed by atoms with Crippen LogP contribution in [0.2, 0.25) is 0 Å². The highest BCUT2D eigenvalue weighted by Crippen LogP contribution is 2.27. The van der Waals surface area contributed by atoms with Crippen LogP contribution in [0.1, 0.15) is 28.8 Å². The quantitative estimate of drug-likeness (QED) is 0.739. The van der Waals surface area contributed by atoms with Gasteiger partial charge >= 0.3 is 0 Å². The van der Waals surface area contributed by atoms with Gasteiger partial charge in [0.2, 0.25) is 5.88 Å². The number of piperidine rings is 1. The topological polar surface area (TPSA) is 86.3 Å². The lowest BCUT2D eigenvalue weighted by atomic mass is 10.00. The van der Waals surface area contributed by atoms with E-state index in [4.69, 9.17) is 10.5 Å². The number of nitrogens with zero attached hydrogens (tertiary/aromatic N) is 4. The SMILES string of the molecule is Cc1c(N)ccnc1OC1CCCN(C(=O)c2ccccc2-c2cnn(C)c2)C1. The lowest BCUT2D eigenvalue weighted by Crippen LogP contribution is -2.44. The molecule has 7 nitrogen and oxygen atoms in total. The molecule has 3 heterocycles. The van der Waals surface area contributed by atoms with Crippen LogP contribution in [0.5, 0.6) is 5.88 Å². The Morgan fingerprint density at radius 3 is 2.90 bits per heavy atom. The monoisotopic (exact) mass is 391 g/mol. The van der Waals surface area contributed by atoms with Gasteiger partial charge in [-0.05, 0) is 37.5 Å². The Bertz CT molecular complexity index is 1030.